The summed E-state index contributed by atoms with van der Waals surface area (Å²) in [5.41, 5.74) is 2.50. The summed E-state index contributed by atoms with van der Waals surface area (Å²) < 4.78 is 0. The number of aliphatic carboxylic acids is 1. The van der Waals surface area contributed by atoms with E-state index >= 15 is 0 Å². The molecule has 11 heavy (non-hydrogen) atoms. The normalized spacial score (nSPS) is 21.9. The van der Waals surface area contributed by atoms with Gasteiger partial charge in [0.25, 0.3) is 0 Å². The Bertz CT molecular complexity index is 143. The molecule has 0 bridgehead atoms. The van der Waals surface area contributed by atoms with Crippen LogP contribution in [-0.4, -0.2) is 29.2 Å². The maximum Gasteiger partial charge on any atom is 0.306 e. The van der Waals surface area contributed by atoms with Gasteiger partial charge in [-0.05, 0) is 12.8 Å². The van der Waals surface area contributed by atoms with E-state index in [9.17, 15) is 4.79 Å². The van der Waals surface area contributed by atoms with Gasteiger partial charge in [0.2, 0.25) is 0 Å². The zero-order valence-electron chi connectivity index (χ0n) is 6.29. The van der Waals surface area contributed by atoms with Gasteiger partial charge in [0.05, 0.1) is 5.92 Å². The van der Waals surface area contributed by atoms with Crippen LogP contribution < -0.4 is 11.4 Å². The Balaban J connectivity index is 2.30. The van der Waals surface area contributed by atoms with Crippen molar-refractivity contribution >= 4 is 5.97 Å². The number of nitrogens with two attached hydrogens (primary N) is 1. The van der Waals surface area contributed by atoms with E-state index in [4.69, 9.17) is 10.9 Å². The van der Waals surface area contributed by atoms with Gasteiger partial charge in [0, 0.05) is 13.1 Å². The first kappa shape index (κ1) is 8.45. The average molecular weight is 159 g/mol. The second-order valence-corrected chi connectivity index (χ2v) is 2.73. The number of nitrogens with one attached hydrogen (secondary N) is 1. The van der Waals surface area contributed by atoms with Gasteiger partial charge in [-0.25, -0.2) is 5.01 Å². The summed E-state index contributed by atoms with van der Waals surface area (Å²) in [6, 6.07) is 0. The van der Waals surface area contributed by atoms with Crippen LogP contribution in [0.1, 0.15) is 12.8 Å². The highest BCUT2D eigenvalue weighted by molar-refractivity contribution is 5.70. The molecule has 1 aliphatic heterocycles. The first-order valence-corrected chi connectivity index (χ1v) is 3.68. The maximum absolute atomic E-state index is 10.5. The van der Waals surface area contributed by atoms with Gasteiger partial charge in [-0.1, -0.05) is 0 Å². The molecule has 0 aromatic carbocycles. The summed E-state index contributed by atoms with van der Waals surface area (Å²) >= 11 is 0. The van der Waals surface area contributed by atoms with E-state index in [1.807, 2.05) is 5.01 Å². The molecular weight excluding hydrogens is 146 g/mol. The van der Waals surface area contributed by atoms with Crippen LogP contribution >= 0.6 is 0 Å². The Hall–Kier alpha value is -0.650. The smallest absolute Gasteiger partial charge is 0.306 e. The fraction of sp³-hybridized carbons (Fsp3) is 0.833. The molecule has 0 aromatic heterocycles. The predicted molar refractivity (Wildman–Crippen MR) is 39.3 cm³/mol. The van der Waals surface area contributed by atoms with Crippen molar-refractivity contribution in [1.82, 2.24) is 10.5 Å². The number of hydrogen-bond acceptors (Lipinski definition) is 4. The number of nitrogens with zero attached hydrogens (tertiary/aromatic N) is 1. The third kappa shape index (κ3) is 2.14. The zero-order valence-corrected chi connectivity index (χ0v) is 6.29. The number of carbonyl (C=O) groups is 1. The van der Waals surface area contributed by atoms with Crippen LogP contribution in [-0.2, 0) is 4.79 Å². The Kier molecular flexibility index (Phi) is 2.81. The van der Waals surface area contributed by atoms with Gasteiger partial charge in [-0.15, -0.1) is 0 Å². The fourth-order valence-electron chi connectivity index (χ4n) is 1.26. The molecule has 1 rings (SSSR count). The lowest BCUT2D eigenvalue weighted by atomic mass is 9.98. The third-order valence-corrected chi connectivity index (χ3v) is 2.03. The number of carboxylic acids is 1. The van der Waals surface area contributed by atoms with Crippen LogP contribution in [0.3, 0.4) is 0 Å². The maximum atomic E-state index is 10.5. The van der Waals surface area contributed by atoms with E-state index in [-0.39, 0.29) is 5.92 Å². The SMILES string of the molecule is NNN1CCC(C(=O)O)CC1. The Morgan fingerprint density at radius 3 is 2.45 bits per heavy atom. The molecule has 1 fully saturated rings. The third-order valence-electron chi connectivity index (χ3n) is 2.03. The van der Waals surface area contributed by atoms with Crippen molar-refractivity contribution in [3.63, 3.8) is 0 Å². The van der Waals surface area contributed by atoms with Gasteiger partial charge in [0.15, 0.2) is 0 Å². The Morgan fingerprint density at radius 2 is 2.09 bits per heavy atom. The minimum absolute atomic E-state index is 0.181. The molecule has 0 spiro atoms. The van der Waals surface area contributed by atoms with Crippen LogP contribution in [0.2, 0.25) is 0 Å². The Labute approximate surface area is 65.1 Å². The van der Waals surface area contributed by atoms with Crippen molar-refractivity contribution in [2.75, 3.05) is 13.1 Å². The molecule has 1 aliphatic rings. The van der Waals surface area contributed by atoms with Crippen molar-refractivity contribution in [3.05, 3.63) is 0 Å². The van der Waals surface area contributed by atoms with E-state index in [1.54, 1.807) is 0 Å². The van der Waals surface area contributed by atoms with Crippen LogP contribution in [0.15, 0.2) is 0 Å². The molecule has 4 N–H and O–H groups in total. The largest absolute Gasteiger partial charge is 0.481 e. The summed E-state index contributed by atoms with van der Waals surface area (Å²) in [7, 11) is 0. The quantitative estimate of drug-likeness (QED) is 0.362. The lowest BCUT2D eigenvalue weighted by Crippen LogP contribution is -2.48. The van der Waals surface area contributed by atoms with E-state index in [2.05, 4.69) is 5.53 Å². The topological polar surface area (TPSA) is 78.6 Å². The van der Waals surface area contributed by atoms with Crippen LogP contribution in [0.4, 0.5) is 0 Å². The summed E-state index contributed by atoms with van der Waals surface area (Å²) in [6.45, 7) is 1.43. The molecule has 0 aromatic rings. The lowest BCUT2D eigenvalue weighted by molar-refractivity contribution is -0.143. The summed E-state index contributed by atoms with van der Waals surface area (Å²) in [6.07, 6.45) is 1.36. The average Bonchev–Trinajstić information content (AvgIpc) is 2.05. The van der Waals surface area contributed by atoms with Crippen molar-refractivity contribution in [3.8, 4) is 0 Å². The number of piperidine rings is 1. The molecule has 0 atom stereocenters. The van der Waals surface area contributed by atoms with Crippen LogP contribution in [0.5, 0.6) is 0 Å². The summed E-state index contributed by atoms with van der Waals surface area (Å²) in [4.78, 5) is 10.5. The number of carboxylic acid groups (broad SMARTS) is 1. The molecule has 0 amide bonds. The van der Waals surface area contributed by atoms with Gasteiger partial charge in [0.1, 0.15) is 0 Å². The van der Waals surface area contributed by atoms with Crippen LogP contribution in [0, 0.1) is 5.92 Å². The van der Waals surface area contributed by atoms with Gasteiger partial charge >= 0.3 is 5.97 Å². The second kappa shape index (κ2) is 3.66. The summed E-state index contributed by atoms with van der Waals surface area (Å²) in [5, 5.41) is 10.4. The van der Waals surface area contributed by atoms with Crippen molar-refractivity contribution in [1.29, 1.82) is 0 Å². The molecule has 1 saturated heterocycles. The lowest BCUT2D eigenvalue weighted by Gasteiger charge is -2.28. The first-order valence-electron chi connectivity index (χ1n) is 3.68. The molecule has 5 nitrogen and oxygen atoms in total. The van der Waals surface area contributed by atoms with Gasteiger partial charge in [-0.3, -0.25) is 10.6 Å². The van der Waals surface area contributed by atoms with E-state index in [0.717, 1.165) is 0 Å². The standard InChI is InChI=1S/C6H13N3O2/c7-8-9-3-1-5(2-4-9)6(10)11/h5,8H,1-4,7H2,(H,10,11). The number of rotatable bonds is 2. The monoisotopic (exact) mass is 159 g/mol. The molecule has 0 saturated carbocycles. The molecule has 0 unspecified atom stereocenters. The molecule has 0 radical (unpaired) electrons. The first-order chi connectivity index (χ1) is 5.24. The van der Waals surface area contributed by atoms with Gasteiger partial charge in [-0.2, -0.15) is 5.53 Å². The van der Waals surface area contributed by atoms with Crippen LogP contribution in [0.25, 0.3) is 0 Å². The zero-order chi connectivity index (χ0) is 8.27. The highest BCUT2D eigenvalue weighted by Crippen LogP contribution is 2.14. The number of hydrogen-bond donors (Lipinski definition) is 3. The molecule has 1 heterocycles. The minimum atomic E-state index is -0.693. The van der Waals surface area contributed by atoms with E-state index in [0.29, 0.717) is 25.9 Å². The summed E-state index contributed by atoms with van der Waals surface area (Å²) in [5.74, 6) is 4.28. The molecule has 64 valence electrons. The van der Waals surface area contributed by atoms with Crippen molar-refractivity contribution in [2.45, 2.75) is 12.8 Å². The fourth-order valence-corrected chi connectivity index (χ4v) is 1.26. The molecule has 5 heteroatoms. The Morgan fingerprint density at radius 1 is 1.55 bits per heavy atom. The minimum Gasteiger partial charge on any atom is -0.481 e. The van der Waals surface area contributed by atoms with E-state index < -0.39 is 5.97 Å². The highest BCUT2D eigenvalue weighted by atomic mass is 16.4. The van der Waals surface area contributed by atoms with Crippen molar-refractivity contribution in [2.24, 2.45) is 11.8 Å². The van der Waals surface area contributed by atoms with Gasteiger partial charge < -0.3 is 5.11 Å². The van der Waals surface area contributed by atoms with E-state index in [1.165, 1.54) is 0 Å². The highest BCUT2D eigenvalue weighted by Gasteiger charge is 2.23. The van der Waals surface area contributed by atoms with Crippen molar-refractivity contribution < 1.29 is 9.90 Å². The number of hydrazine groups is 2. The predicted octanol–water partition coefficient (Wildman–Crippen LogP) is -0.839. The molecule has 0 aliphatic carbocycles. The second-order valence-electron chi connectivity index (χ2n) is 2.73. The molecular formula is C6H13N3O2.